The smallest absolute Gasteiger partial charge is 0.343 e. The number of hydrogen-bond donors (Lipinski definition) is 0. The van der Waals surface area contributed by atoms with Crippen molar-refractivity contribution in [2.24, 2.45) is 0 Å². The summed E-state index contributed by atoms with van der Waals surface area (Å²) in [4.78, 5) is 13.5. The van der Waals surface area contributed by atoms with Crippen LogP contribution in [0.2, 0.25) is 0 Å². The summed E-state index contributed by atoms with van der Waals surface area (Å²) in [6, 6.07) is 4.84. The summed E-state index contributed by atoms with van der Waals surface area (Å²) in [5, 5.41) is 0. The van der Waals surface area contributed by atoms with Crippen molar-refractivity contribution in [2.45, 2.75) is 38.9 Å². The van der Waals surface area contributed by atoms with Crippen LogP contribution in [0.5, 0.6) is 0 Å². The molecule has 0 radical (unpaired) electrons. The summed E-state index contributed by atoms with van der Waals surface area (Å²) in [5.74, 6) is -0.0888. The van der Waals surface area contributed by atoms with Crippen LogP contribution in [-0.4, -0.2) is 23.9 Å². The van der Waals surface area contributed by atoms with Gasteiger partial charge in [0.2, 0.25) is 5.91 Å². The van der Waals surface area contributed by atoms with Gasteiger partial charge in [0.15, 0.2) is 0 Å². The van der Waals surface area contributed by atoms with Gasteiger partial charge < -0.3 is 4.90 Å². The number of hydrogen-bond acceptors (Lipinski definition) is 1. The van der Waals surface area contributed by atoms with Crippen LogP contribution in [0.4, 0.5) is 13.2 Å². The molecule has 0 aliphatic rings. The van der Waals surface area contributed by atoms with Gasteiger partial charge in [0.25, 0.3) is 0 Å². The quantitative estimate of drug-likeness (QED) is 0.822. The lowest BCUT2D eigenvalue weighted by atomic mass is 10.1. The molecule has 106 valence electrons. The average molecular weight is 273 g/mol. The molecule has 1 aromatic rings. The molecular weight excluding hydrogens is 255 g/mol. The summed E-state index contributed by atoms with van der Waals surface area (Å²) in [6.45, 7) is 3.91. The maximum atomic E-state index is 12.4. The second-order valence-electron chi connectivity index (χ2n) is 4.63. The third-order valence-corrected chi connectivity index (χ3v) is 3.28. The predicted molar refractivity (Wildman–Crippen MR) is 67.7 cm³/mol. The van der Waals surface area contributed by atoms with E-state index >= 15 is 0 Å². The molecule has 0 aliphatic heterocycles. The van der Waals surface area contributed by atoms with Crippen molar-refractivity contribution in [1.82, 2.24) is 4.90 Å². The maximum absolute atomic E-state index is 12.4. The van der Waals surface area contributed by atoms with Crippen LogP contribution < -0.4 is 0 Å². The minimum atomic E-state index is -4.34. The molecule has 19 heavy (non-hydrogen) atoms. The molecule has 0 saturated carbocycles. The topological polar surface area (TPSA) is 20.3 Å². The molecular formula is C14H18F3NO. The summed E-state index contributed by atoms with van der Waals surface area (Å²) in [7, 11) is 1.71. The Morgan fingerprint density at radius 1 is 1.26 bits per heavy atom. The van der Waals surface area contributed by atoms with Crippen LogP contribution in [0.15, 0.2) is 24.3 Å². The Morgan fingerprint density at radius 2 is 1.79 bits per heavy atom. The summed E-state index contributed by atoms with van der Waals surface area (Å²) in [5.41, 5.74) is -0.105. The zero-order chi connectivity index (χ0) is 14.6. The highest BCUT2D eigenvalue weighted by atomic mass is 19.4. The van der Waals surface area contributed by atoms with E-state index in [1.807, 2.05) is 13.8 Å². The van der Waals surface area contributed by atoms with Gasteiger partial charge in [-0.2, -0.15) is 13.2 Å². The molecule has 1 atom stereocenters. The highest BCUT2D eigenvalue weighted by Gasteiger charge is 2.30. The monoisotopic (exact) mass is 273 g/mol. The zero-order valence-corrected chi connectivity index (χ0v) is 11.3. The van der Waals surface area contributed by atoms with E-state index in [9.17, 15) is 18.0 Å². The first-order valence-corrected chi connectivity index (χ1v) is 6.17. The van der Waals surface area contributed by atoms with Gasteiger partial charge in [0.1, 0.15) is 0 Å². The van der Waals surface area contributed by atoms with E-state index in [-0.39, 0.29) is 18.4 Å². The van der Waals surface area contributed by atoms with Crippen LogP contribution in [0, 0.1) is 0 Å². The van der Waals surface area contributed by atoms with Gasteiger partial charge in [-0.1, -0.05) is 19.1 Å². The molecule has 0 aliphatic carbocycles. The van der Waals surface area contributed by atoms with Gasteiger partial charge in [0, 0.05) is 13.1 Å². The van der Waals surface area contributed by atoms with E-state index < -0.39 is 11.7 Å². The number of benzene rings is 1. The van der Waals surface area contributed by atoms with Crippen molar-refractivity contribution in [3.05, 3.63) is 35.4 Å². The Morgan fingerprint density at radius 3 is 2.21 bits per heavy atom. The van der Waals surface area contributed by atoms with Gasteiger partial charge in [-0.25, -0.2) is 0 Å². The molecule has 0 N–H and O–H groups in total. The molecule has 2 nitrogen and oxygen atoms in total. The molecule has 0 fully saturated rings. The standard InChI is InChI=1S/C14H18F3NO/c1-4-10(2)18(3)13(19)9-11-5-7-12(8-6-11)14(15,16)17/h5-8,10H,4,9H2,1-3H3. The molecule has 0 aromatic heterocycles. The van der Waals surface area contributed by atoms with Gasteiger partial charge >= 0.3 is 6.18 Å². The lowest BCUT2D eigenvalue weighted by Crippen LogP contribution is -2.35. The number of alkyl halides is 3. The SMILES string of the molecule is CCC(C)N(C)C(=O)Cc1ccc(C(F)(F)F)cc1. The van der Waals surface area contributed by atoms with Gasteiger partial charge in [-0.15, -0.1) is 0 Å². The Kier molecular flexibility index (Phi) is 4.97. The second kappa shape index (κ2) is 6.08. The van der Waals surface area contributed by atoms with Gasteiger partial charge in [-0.05, 0) is 31.0 Å². The number of nitrogens with zero attached hydrogens (tertiary/aromatic N) is 1. The average Bonchev–Trinajstić information content (AvgIpc) is 2.36. The first kappa shape index (κ1) is 15.5. The number of halogens is 3. The van der Waals surface area contributed by atoms with E-state index in [0.29, 0.717) is 5.56 Å². The van der Waals surface area contributed by atoms with Crippen LogP contribution in [0.25, 0.3) is 0 Å². The molecule has 1 unspecified atom stereocenters. The fraction of sp³-hybridized carbons (Fsp3) is 0.500. The molecule has 1 aromatic carbocycles. The Bertz CT molecular complexity index is 425. The molecule has 1 amide bonds. The fourth-order valence-electron chi connectivity index (χ4n) is 1.63. The minimum absolute atomic E-state index is 0.0888. The van der Waals surface area contributed by atoms with E-state index in [4.69, 9.17) is 0 Å². The van der Waals surface area contributed by atoms with Crippen LogP contribution >= 0.6 is 0 Å². The normalized spacial score (nSPS) is 13.2. The number of amides is 1. The maximum Gasteiger partial charge on any atom is 0.416 e. The van der Waals surface area contributed by atoms with E-state index in [1.165, 1.54) is 12.1 Å². The third kappa shape index (κ3) is 4.26. The molecule has 5 heteroatoms. The van der Waals surface area contributed by atoms with Crippen LogP contribution in [0.1, 0.15) is 31.4 Å². The number of carbonyl (C=O) groups is 1. The molecule has 0 saturated heterocycles. The van der Waals surface area contributed by atoms with E-state index in [1.54, 1.807) is 11.9 Å². The van der Waals surface area contributed by atoms with Crippen molar-refractivity contribution in [3.63, 3.8) is 0 Å². The minimum Gasteiger partial charge on any atom is -0.343 e. The first-order chi connectivity index (χ1) is 8.75. The van der Waals surface area contributed by atoms with Gasteiger partial charge in [0.05, 0.1) is 12.0 Å². The van der Waals surface area contributed by atoms with Crippen molar-refractivity contribution < 1.29 is 18.0 Å². The Labute approximate surface area is 111 Å². The molecule has 0 heterocycles. The highest BCUT2D eigenvalue weighted by molar-refractivity contribution is 5.78. The Balaban J connectivity index is 2.71. The second-order valence-corrected chi connectivity index (χ2v) is 4.63. The fourth-order valence-corrected chi connectivity index (χ4v) is 1.63. The summed E-state index contributed by atoms with van der Waals surface area (Å²) < 4.78 is 37.2. The number of carbonyl (C=O) groups excluding carboxylic acids is 1. The largest absolute Gasteiger partial charge is 0.416 e. The van der Waals surface area contributed by atoms with Crippen molar-refractivity contribution in [2.75, 3.05) is 7.05 Å². The molecule has 1 rings (SSSR count). The number of likely N-dealkylation sites (N-methyl/N-ethyl adjacent to an activating group) is 1. The summed E-state index contributed by atoms with van der Waals surface area (Å²) in [6.07, 6.45) is -3.37. The van der Waals surface area contributed by atoms with E-state index in [2.05, 4.69) is 0 Å². The molecule has 0 spiro atoms. The summed E-state index contributed by atoms with van der Waals surface area (Å²) >= 11 is 0. The Hall–Kier alpha value is -1.52. The molecule has 0 bridgehead atoms. The van der Waals surface area contributed by atoms with Crippen molar-refractivity contribution >= 4 is 5.91 Å². The van der Waals surface area contributed by atoms with Gasteiger partial charge in [-0.3, -0.25) is 4.79 Å². The zero-order valence-electron chi connectivity index (χ0n) is 11.3. The number of rotatable bonds is 4. The predicted octanol–water partition coefficient (Wildman–Crippen LogP) is 3.50. The highest BCUT2D eigenvalue weighted by Crippen LogP contribution is 2.29. The van der Waals surface area contributed by atoms with Crippen molar-refractivity contribution in [1.29, 1.82) is 0 Å². The third-order valence-electron chi connectivity index (χ3n) is 3.28. The lowest BCUT2D eigenvalue weighted by molar-refractivity contribution is -0.137. The first-order valence-electron chi connectivity index (χ1n) is 6.17. The van der Waals surface area contributed by atoms with Crippen molar-refractivity contribution in [3.8, 4) is 0 Å². The van der Waals surface area contributed by atoms with Crippen LogP contribution in [-0.2, 0) is 17.4 Å². The lowest BCUT2D eigenvalue weighted by Gasteiger charge is -2.23. The van der Waals surface area contributed by atoms with E-state index in [0.717, 1.165) is 18.6 Å². The van der Waals surface area contributed by atoms with Crippen LogP contribution in [0.3, 0.4) is 0 Å².